The summed E-state index contributed by atoms with van der Waals surface area (Å²) in [7, 11) is -3.40. The maximum absolute atomic E-state index is 12.0. The van der Waals surface area contributed by atoms with Crippen molar-refractivity contribution in [1.82, 2.24) is 4.72 Å². The Kier molecular flexibility index (Phi) is 5.78. The molecule has 0 amide bonds. The van der Waals surface area contributed by atoms with Crippen molar-refractivity contribution < 1.29 is 13.2 Å². The average molecular weight is 271 g/mol. The minimum Gasteiger partial charge on any atom is -0.379 e. The minimum atomic E-state index is -3.40. The zero-order chi connectivity index (χ0) is 13.6. The molecule has 18 heavy (non-hydrogen) atoms. The van der Waals surface area contributed by atoms with Crippen molar-refractivity contribution in [2.75, 3.05) is 13.2 Å². The van der Waals surface area contributed by atoms with Crippen molar-refractivity contribution in [3.63, 3.8) is 0 Å². The van der Waals surface area contributed by atoms with Crippen LogP contribution in [-0.4, -0.2) is 27.7 Å². The third-order valence-electron chi connectivity index (χ3n) is 2.45. The molecule has 0 heterocycles. The van der Waals surface area contributed by atoms with E-state index in [2.05, 4.69) is 4.72 Å². The van der Waals surface area contributed by atoms with Gasteiger partial charge in [0.25, 0.3) is 0 Å². The molecule has 1 aromatic carbocycles. The lowest BCUT2D eigenvalue weighted by Crippen LogP contribution is -2.26. The van der Waals surface area contributed by atoms with Gasteiger partial charge in [-0.3, -0.25) is 0 Å². The van der Waals surface area contributed by atoms with Gasteiger partial charge in [0, 0.05) is 13.2 Å². The average Bonchev–Trinajstić information content (AvgIpc) is 2.28. The Bertz CT molecular complexity index is 469. The molecule has 1 aromatic rings. The van der Waals surface area contributed by atoms with E-state index in [-0.39, 0.29) is 6.10 Å². The molecule has 0 radical (unpaired) electrons. The molecule has 0 atom stereocenters. The highest BCUT2D eigenvalue weighted by Crippen LogP contribution is 2.13. The van der Waals surface area contributed by atoms with E-state index in [9.17, 15) is 8.42 Å². The van der Waals surface area contributed by atoms with Gasteiger partial charge in [0.1, 0.15) is 0 Å². The molecule has 1 N–H and O–H groups in total. The fraction of sp³-hybridized carbons (Fsp3) is 0.538. The fourth-order valence-corrected chi connectivity index (χ4v) is 2.85. The molecule has 0 bridgehead atoms. The molecule has 0 aliphatic carbocycles. The Morgan fingerprint density at radius 3 is 2.56 bits per heavy atom. The molecule has 102 valence electrons. The summed E-state index contributed by atoms with van der Waals surface area (Å²) < 4.78 is 31.9. The first-order chi connectivity index (χ1) is 8.43. The summed E-state index contributed by atoms with van der Waals surface area (Å²) in [6.07, 6.45) is 0.849. The van der Waals surface area contributed by atoms with Crippen molar-refractivity contribution in [1.29, 1.82) is 0 Å². The van der Waals surface area contributed by atoms with E-state index >= 15 is 0 Å². The normalized spacial score (nSPS) is 12.0. The van der Waals surface area contributed by atoms with Crippen LogP contribution in [-0.2, 0) is 14.8 Å². The standard InChI is InChI=1S/C13H21NO3S/c1-11(2)17-10-6-9-14-18(15,16)13-8-5-4-7-12(13)3/h4-5,7-8,11,14H,6,9-10H2,1-3H3. The summed E-state index contributed by atoms with van der Waals surface area (Å²) in [6.45, 7) is 6.66. The number of nitrogens with one attached hydrogen (secondary N) is 1. The number of sulfonamides is 1. The van der Waals surface area contributed by atoms with Crippen molar-refractivity contribution in [3.8, 4) is 0 Å². The molecule has 1 rings (SSSR count). The second kappa shape index (κ2) is 6.87. The van der Waals surface area contributed by atoms with Gasteiger partial charge in [-0.2, -0.15) is 0 Å². The van der Waals surface area contributed by atoms with Crippen LogP contribution in [0.1, 0.15) is 25.8 Å². The minimum absolute atomic E-state index is 0.179. The number of hydrogen-bond acceptors (Lipinski definition) is 3. The van der Waals surface area contributed by atoms with E-state index in [4.69, 9.17) is 4.74 Å². The maximum atomic E-state index is 12.0. The Morgan fingerprint density at radius 2 is 1.94 bits per heavy atom. The van der Waals surface area contributed by atoms with E-state index in [1.165, 1.54) is 0 Å². The molecular formula is C13H21NO3S. The number of rotatable bonds is 7. The first-order valence-corrected chi connectivity index (χ1v) is 7.58. The zero-order valence-electron chi connectivity index (χ0n) is 11.1. The van der Waals surface area contributed by atoms with Crippen LogP contribution in [0.4, 0.5) is 0 Å². The molecule has 0 aliphatic rings. The SMILES string of the molecule is Cc1ccccc1S(=O)(=O)NCCCOC(C)C. The summed E-state index contributed by atoms with van der Waals surface area (Å²) >= 11 is 0. The van der Waals surface area contributed by atoms with Crippen LogP contribution in [0.2, 0.25) is 0 Å². The highest BCUT2D eigenvalue weighted by Gasteiger charge is 2.14. The van der Waals surface area contributed by atoms with Crippen molar-refractivity contribution >= 4 is 10.0 Å². The summed E-state index contributed by atoms with van der Waals surface area (Å²) in [6, 6.07) is 6.95. The smallest absolute Gasteiger partial charge is 0.240 e. The van der Waals surface area contributed by atoms with Crippen LogP contribution in [0.5, 0.6) is 0 Å². The molecule has 0 saturated carbocycles. The van der Waals surface area contributed by atoms with E-state index in [1.807, 2.05) is 19.9 Å². The van der Waals surface area contributed by atoms with Crippen LogP contribution >= 0.6 is 0 Å². The Hall–Kier alpha value is -0.910. The Morgan fingerprint density at radius 1 is 1.28 bits per heavy atom. The van der Waals surface area contributed by atoms with Gasteiger partial charge in [-0.25, -0.2) is 13.1 Å². The van der Waals surface area contributed by atoms with Crippen molar-refractivity contribution in [2.24, 2.45) is 0 Å². The molecule has 5 heteroatoms. The molecule has 0 spiro atoms. The molecule has 0 aromatic heterocycles. The van der Waals surface area contributed by atoms with Gasteiger partial charge in [0.2, 0.25) is 10.0 Å². The largest absolute Gasteiger partial charge is 0.379 e. The zero-order valence-corrected chi connectivity index (χ0v) is 12.0. The third-order valence-corrected chi connectivity index (χ3v) is 4.07. The highest BCUT2D eigenvalue weighted by molar-refractivity contribution is 7.89. The van der Waals surface area contributed by atoms with Crippen LogP contribution in [0.15, 0.2) is 29.2 Å². The van der Waals surface area contributed by atoms with E-state index in [0.29, 0.717) is 24.5 Å². The predicted octanol–water partition coefficient (Wildman–Crippen LogP) is 2.09. The van der Waals surface area contributed by atoms with Crippen LogP contribution in [0, 0.1) is 6.92 Å². The molecule has 0 aliphatic heterocycles. The van der Waals surface area contributed by atoms with Crippen LogP contribution < -0.4 is 4.72 Å². The van der Waals surface area contributed by atoms with E-state index in [1.54, 1.807) is 25.1 Å². The predicted molar refractivity (Wildman–Crippen MR) is 72.1 cm³/mol. The quantitative estimate of drug-likeness (QED) is 0.773. The Labute approximate surface area is 109 Å². The Balaban J connectivity index is 2.49. The van der Waals surface area contributed by atoms with Crippen molar-refractivity contribution in [3.05, 3.63) is 29.8 Å². The summed E-state index contributed by atoms with van der Waals surface area (Å²) in [5, 5.41) is 0. The fourth-order valence-electron chi connectivity index (χ4n) is 1.53. The summed E-state index contributed by atoms with van der Waals surface area (Å²) in [5.74, 6) is 0. The number of aryl methyl sites for hydroxylation is 1. The molecule has 0 saturated heterocycles. The van der Waals surface area contributed by atoms with Gasteiger partial charge in [-0.15, -0.1) is 0 Å². The van der Waals surface area contributed by atoms with E-state index in [0.717, 1.165) is 5.56 Å². The lowest BCUT2D eigenvalue weighted by molar-refractivity contribution is 0.0778. The summed E-state index contributed by atoms with van der Waals surface area (Å²) in [4.78, 5) is 0.342. The highest BCUT2D eigenvalue weighted by atomic mass is 32.2. The molecule has 0 fully saturated rings. The van der Waals surface area contributed by atoms with Gasteiger partial charge in [-0.1, -0.05) is 18.2 Å². The maximum Gasteiger partial charge on any atom is 0.240 e. The first kappa shape index (κ1) is 15.1. The van der Waals surface area contributed by atoms with Gasteiger partial charge in [0.05, 0.1) is 11.0 Å². The lowest BCUT2D eigenvalue weighted by Gasteiger charge is -2.10. The number of ether oxygens (including phenoxy) is 1. The number of benzene rings is 1. The van der Waals surface area contributed by atoms with Gasteiger partial charge in [-0.05, 0) is 38.8 Å². The van der Waals surface area contributed by atoms with Crippen LogP contribution in [0.25, 0.3) is 0 Å². The first-order valence-electron chi connectivity index (χ1n) is 6.10. The van der Waals surface area contributed by atoms with Crippen LogP contribution in [0.3, 0.4) is 0 Å². The molecular weight excluding hydrogens is 250 g/mol. The van der Waals surface area contributed by atoms with Gasteiger partial charge >= 0.3 is 0 Å². The van der Waals surface area contributed by atoms with Gasteiger partial charge in [0.15, 0.2) is 0 Å². The van der Waals surface area contributed by atoms with Crippen molar-refractivity contribution in [2.45, 2.75) is 38.2 Å². The second-order valence-electron chi connectivity index (χ2n) is 4.44. The second-order valence-corrected chi connectivity index (χ2v) is 6.17. The van der Waals surface area contributed by atoms with Gasteiger partial charge < -0.3 is 4.74 Å². The third kappa shape index (κ3) is 4.76. The summed E-state index contributed by atoms with van der Waals surface area (Å²) in [5.41, 5.74) is 0.753. The lowest BCUT2D eigenvalue weighted by atomic mass is 10.2. The molecule has 4 nitrogen and oxygen atoms in total. The monoisotopic (exact) mass is 271 g/mol. The molecule has 0 unspecified atom stereocenters. The number of hydrogen-bond donors (Lipinski definition) is 1. The topological polar surface area (TPSA) is 55.4 Å². The van der Waals surface area contributed by atoms with E-state index < -0.39 is 10.0 Å².